The number of nitrogens with zero attached hydrogens (tertiary/aromatic N) is 2. The molecule has 1 aromatic rings. The Labute approximate surface area is 78.1 Å². The van der Waals surface area contributed by atoms with Crippen molar-refractivity contribution in [3.8, 4) is 0 Å². The van der Waals surface area contributed by atoms with Gasteiger partial charge in [-0.15, -0.1) is 0 Å². The number of carbonyl (C=O) groups is 1. The second kappa shape index (κ2) is 4.17. The smallest absolute Gasteiger partial charge is 0.400 e. The lowest BCUT2D eigenvalue weighted by Gasteiger charge is -1.86. The van der Waals surface area contributed by atoms with Crippen LogP contribution >= 0.6 is 0 Å². The van der Waals surface area contributed by atoms with Gasteiger partial charge in [0.1, 0.15) is 11.1 Å². The number of furan rings is 1. The summed E-state index contributed by atoms with van der Waals surface area (Å²) in [5, 5.41) is 13.4. The molecule has 0 aromatic carbocycles. The molecule has 0 atom stereocenters. The molecule has 7 nitrogen and oxygen atoms in total. The molecule has 0 radical (unpaired) electrons. The van der Waals surface area contributed by atoms with Gasteiger partial charge in [0, 0.05) is 6.92 Å². The van der Waals surface area contributed by atoms with Gasteiger partial charge in [-0.05, 0) is 6.07 Å². The van der Waals surface area contributed by atoms with Crippen LogP contribution in [0.5, 0.6) is 0 Å². The fraction of sp³-hybridized carbons (Fsp3) is 0.143. The summed E-state index contributed by atoms with van der Waals surface area (Å²) in [5.74, 6) is -0.838. The number of rotatable bonds is 3. The summed E-state index contributed by atoms with van der Waals surface area (Å²) in [6.45, 7) is 1.18. The van der Waals surface area contributed by atoms with Gasteiger partial charge >= 0.3 is 11.9 Å². The van der Waals surface area contributed by atoms with E-state index >= 15 is 0 Å². The summed E-state index contributed by atoms with van der Waals surface area (Å²) >= 11 is 0. The molecule has 0 unspecified atom stereocenters. The van der Waals surface area contributed by atoms with E-state index in [2.05, 4.69) is 14.4 Å². The quantitative estimate of drug-likeness (QED) is 0.313. The van der Waals surface area contributed by atoms with Crippen molar-refractivity contribution < 1.29 is 19.0 Å². The lowest BCUT2D eigenvalue weighted by atomic mass is 10.5. The molecule has 0 amide bonds. The van der Waals surface area contributed by atoms with Crippen molar-refractivity contribution in [2.24, 2.45) is 5.16 Å². The van der Waals surface area contributed by atoms with Crippen molar-refractivity contribution >= 4 is 18.1 Å². The largest absolute Gasteiger partial charge is 0.433 e. The monoisotopic (exact) mass is 198 g/mol. The first-order valence-corrected chi connectivity index (χ1v) is 3.55. The highest BCUT2D eigenvalue weighted by Gasteiger charge is 2.10. The van der Waals surface area contributed by atoms with E-state index in [4.69, 9.17) is 0 Å². The fourth-order valence-electron chi connectivity index (χ4n) is 0.662. The third-order valence-corrected chi connectivity index (χ3v) is 1.15. The molecule has 0 spiro atoms. The van der Waals surface area contributed by atoms with Crippen LogP contribution in [0.4, 0.5) is 5.88 Å². The van der Waals surface area contributed by atoms with Crippen LogP contribution < -0.4 is 0 Å². The lowest BCUT2D eigenvalue weighted by Crippen LogP contribution is -1.91. The van der Waals surface area contributed by atoms with Gasteiger partial charge in [-0.1, -0.05) is 5.16 Å². The van der Waals surface area contributed by atoms with Gasteiger partial charge < -0.3 is 9.25 Å². The fourth-order valence-corrected chi connectivity index (χ4v) is 0.662. The minimum Gasteiger partial charge on any atom is -0.400 e. The van der Waals surface area contributed by atoms with Crippen LogP contribution in [0.15, 0.2) is 21.7 Å². The Morgan fingerprint density at radius 3 is 2.93 bits per heavy atom. The molecule has 1 heterocycles. The summed E-state index contributed by atoms with van der Waals surface area (Å²) in [4.78, 5) is 24.0. The van der Waals surface area contributed by atoms with Crippen molar-refractivity contribution in [3.05, 3.63) is 28.0 Å². The molecular formula is C7H6N2O5. The minimum atomic E-state index is -0.677. The Bertz CT molecular complexity index is 381. The van der Waals surface area contributed by atoms with Crippen molar-refractivity contribution in [2.75, 3.05) is 0 Å². The first kappa shape index (κ1) is 9.90. The standard InChI is InChI=1S/C7H6N2O5/c1-5(10)14-8-4-6-2-3-7(13-6)9(11)12/h2-4H,1H3/b8-4+. The van der Waals surface area contributed by atoms with Crippen LogP contribution in [0.1, 0.15) is 12.7 Å². The van der Waals surface area contributed by atoms with Gasteiger partial charge in [-0.25, -0.2) is 4.79 Å². The highest BCUT2D eigenvalue weighted by Crippen LogP contribution is 2.13. The Morgan fingerprint density at radius 2 is 2.43 bits per heavy atom. The van der Waals surface area contributed by atoms with Crippen LogP contribution in [0.3, 0.4) is 0 Å². The molecule has 7 heteroatoms. The number of nitro groups is 1. The highest BCUT2D eigenvalue weighted by molar-refractivity contribution is 5.76. The molecule has 0 saturated heterocycles. The number of oxime groups is 1. The Kier molecular flexibility index (Phi) is 2.95. The first-order valence-electron chi connectivity index (χ1n) is 3.55. The predicted molar refractivity (Wildman–Crippen MR) is 44.7 cm³/mol. The molecule has 74 valence electrons. The lowest BCUT2D eigenvalue weighted by molar-refractivity contribution is -0.402. The van der Waals surface area contributed by atoms with Gasteiger partial charge in [-0.2, -0.15) is 0 Å². The number of carbonyl (C=O) groups excluding carboxylic acids is 1. The summed E-state index contributed by atoms with van der Waals surface area (Å²) in [5.41, 5.74) is 0. The second-order valence-electron chi connectivity index (χ2n) is 2.25. The van der Waals surface area contributed by atoms with Gasteiger partial charge in [0.2, 0.25) is 0 Å². The van der Waals surface area contributed by atoms with E-state index in [1.54, 1.807) is 0 Å². The van der Waals surface area contributed by atoms with E-state index in [1.807, 2.05) is 0 Å². The average molecular weight is 198 g/mol. The van der Waals surface area contributed by atoms with Crippen LogP contribution in [0, 0.1) is 10.1 Å². The number of hydrogen-bond acceptors (Lipinski definition) is 6. The maximum absolute atomic E-state index is 10.3. The zero-order chi connectivity index (χ0) is 10.6. The average Bonchev–Trinajstić information content (AvgIpc) is 2.52. The molecule has 1 aromatic heterocycles. The van der Waals surface area contributed by atoms with Crippen molar-refractivity contribution in [2.45, 2.75) is 6.92 Å². The van der Waals surface area contributed by atoms with Crippen molar-refractivity contribution in [3.63, 3.8) is 0 Å². The van der Waals surface area contributed by atoms with E-state index in [9.17, 15) is 14.9 Å². The summed E-state index contributed by atoms with van der Waals surface area (Å²) < 4.78 is 4.69. The second-order valence-corrected chi connectivity index (χ2v) is 2.25. The molecule has 14 heavy (non-hydrogen) atoms. The van der Waals surface area contributed by atoms with Gasteiger partial charge in [-0.3, -0.25) is 10.1 Å². The van der Waals surface area contributed by atoms with Gasteiger partial charge in [0.15, 0.2) is 5.76 Å². The third kappa shape index (κ3) is 2.70. The SMILES string of the molecule is CC(=O)O/N=C/c1ccc([N+](=O)[O-])o1. The van der Waals surface area contributed by atoms with Crippen molar-refractivity contribution in [1.82, 2.24) is 0 Å². The molecule has 0 N–H and O–H groups in total. The Hall–Kier alpha value is -2.18. The van der Waals surface area contributed by atoms with Crippen LogP contribution in [0.25, 0.3) is 0 Å². The van der Waals surface area contributed by atoms with Gasteiger partial charge in [0.05, 0.1) is 6.07 Å². The van der Waals surface area contributed by atoms with E-state index in [0.717, 1.165) is 6.21 Å². The summed E-state index contributed by atoms with van der Waals surface area (Å²) in [7, 11) is 0. The molecule has 0 aliphatic carbocycles. The van der Waals surface area contributed by atoms with Crippen molar-refractivity contribution in [1.29, 1.82) is 0 Å². The summed E-state index contributed by atoms with van der Waals surface area (Å²) in [6.07, 6.45) is 1.06. The van der Waals surface area contributed by atoms with Crippen LogP contribution in [-0.4, -0.2) is 17.1 Å². The zero-order valence-electron chi connectivity index (χ0n) is 7.17. The third-order valence-electron chi connectivity index (χ3n) is 1.15. The first-order chi connectivity index (χ1) is 6.59. The molecule has 1 rings (SSSR count). The van der Waals surface area contributed by atoms with E-state index in [0.29, 0.717) is 0 Å². The topological polar surface area (TPSA) is 94.9 Å². The minimum absolute atomic E-state index is 0.137. The molecule has 0 bridgehead atoms. The summed E-state index contributed by atoms with van der Waals surface area (Å²) in [6, 6.07) is 2.51. The Balaban J connectivity index is 2.64. The maximum Gasteiger partial charge on any atom is 0.433 e. The normalized spacial score (nSPS) is 10.4. The predicted octanol–water partition coefficient (Wildman–Crippen LogP) is 1.08. The van der Waals surface area contributed by atoms with E-state index < -0.39 is 16.8 Å². The van der Waals surface area contributed by atoms with E-state index in [1.165, 1.54) is 19.1 Å². The zero-order valence-corrected chi connectivity index (χ0v) is 7.17. The van der Waals surface area contributed by atoms with Crippen LogP contribution in [0.2, 0.25) is 0 Å². The number of hydrogen-bond donors (Lipinski definition) is 0. The van der Waals surface area contributed by atoms with Crippen LogP contribution in [-0.2, 0) is 9.63 Å². The molecule has 0 fully saturated rings. The molecule has 0 saturated carbocycles. The van der Waals surface area contributed by atoms with E-state index in [-0.39, 0.29) is 5.76 Å². The highest BCUT2D eigenvalue weighted by atomic mass is 16.7. The molecule has 0 aliphatic heterocycles. The molecular weight excluding hydrogens is 192 g/mol. The molecule has 0 aliphatic rings. The van der Waals surface area contributed by atoms with Gasteiger partial charge in [0.25, 0.3) is 0 Å². The maximum atomic E-state index is 10.3. The Morgan fingerprint density at radius 1 is 1.71 bits per heavy atom.